The van der Waals surface area contributed by atoms with Crippen LogP contribution in [-0.4, -0.2) is 22.5 Å². The summed E-state index contributed by atoms with van der Waals surface area (Å²) in [4.78, 5) is 19.6. The molecule has 0 fully saturated rings. The fourth-order valence-corrected chi connectivity index (χ4v) is 1.67. The minimum atomic E-state index is -0.439. The van der Waals surface area contributed by atoms with Gasteiger partial charge in [0, 0.05) is 18.9 Å². The number of rotatable bonds is 5. The molecule has 0 radical (unpaired) electrons. The SMILES string of the molecule is CCOC(=O)c1cnc(NCc2cccc(C#N)c2)nc1. The van der Waals surface area contributed by atoms with E-state index in [0.29, 0.717) is 30.2 Å². The number of esters is 1. The van der Waals surface area contributed by atoms with Gasteiger partial charge in [-0.15, -0.1) is 0 Å². The van der Waals surface area contributed by atoms with E-state index in [4.69, 9.17) is 10.00 Å². The number of hydrogen-bond donors (Lipinski definition) is 1. The minimum absolute atomic E-state index is 0.314. The molecule has 2 rings (SSSR count). The normalized spacial score (nSPS) is 9.71. The van der Waals surface area contributed by atoms with Crippen LogP contribution >= 0.6 is 0 Å². The number of nitriles is 1. The number of nitrogens with zero attached hydrogens (tertiary/aromatic N) is 3. The Bertz CT molecular complexity index is 662. The highest BCUT2D eigenvalue weighted by Crippen LogP contribution is 2.07. The Hall–Kier alpha value is -2.94. The Morgan fingerprint density at radius 1 is 1.38 bits per heavy atom. The van der Waals surface area contributed by atoms with E-state index in [1.807, 2.05) is 12.1 Å². The second kappa shape index (κ2) is 7.01. The average molecular weight is 282 g/mol. The monoisotopic (exact) mass is 282 g/mol. The average Bonchev–Trinajstić information content (AvgIpc) is 2.54. The van der Waals surface area contributed by atoms with Crippen LogP contribution in [-0.2, 0) is 11.3 Å². The zero-order chi connectivity index (χ0) is 15.1. The summed E-state index contributed by atoms with van der Waals surface area (Å²) in [7, 11) is 0. The highest BCUT2D eigenvalue weighted by molar-refractivity contribution is 5.88. The number of nitrogens with one attached hydrogen (secondary N) is 1. The van der Waals surface area contributed by atoms with Gasteiger partial charge in [0.15, 0.2) is 0 Å². The first kappa shape index (κ1) is 14.5. The molecule has 0 bridgehead atoms. The maximum Gasteiger partial charge on any atom is 0.341 e. The molecule has 1 aromatic heterocycles. The van der Waals surface area contributed by atoms with Gasteiger partial charge >= 0.3 is 5.97 Å². The van der Waals surface area contributed by atoms with E-state index >= 15 is 0 Å². The van der Waals surface area contributed by atoms with Crippen LogP contribution in [0.15, 0.2) is 36.7 Å². The predicted octanol–water partition coefficient (Wildman–Crippen LogP) is 2.14. The molecule has 0 aliphatic rings. The topological polar surface area (TPSA) is 87.9 Å². The minimum Gasteiger partial charge on any atom is -0.462 e. The van der Waals surface area contributed by atoms with Crippen LogP contribution in [0, 0.1) is 11.3 Å². The number of aromatic nitrogens is 2. The van der Waals surface area contributed by atoms with E-state index in [1.54, 1.807) is 19.1 Å². The third-order valence-electron chi connectivity index (χ3n) is 2.67. The maximum absolute atomic E-state index is 11.5. The zero-order valence-corrected chi connectivity index (χ0v) is 11.5. The van der Waals surface area contributed by atoms with Gasteiger partial charge in [-0.05, 0) is 24.6 Å². The molecule has 0 spiro atoms. The lowest BCUT2D eigenvalue weighted by molar-refractivity contribution is 0.0525. The summed E-state index contributed by atoms with van der Waals surface area (Å²) >= 11 is 0. The number of ether oxygens (including phenoxy) is 1. The lowest BCUT2D eigenvalue weighted by Gasteiger charge is -2.06. The Morgan fingerprint density at radius 3 is 2.81 bits per heavy atom. The van der Waals surface area contributed by atoms with E-state index in [-0.39, 0.29) is 0 Å². The van der Waals surface area contributed by atoms with Gasteiger partial charge in [-0.2, -0.15) is 5.26 Å². The molecule has 6 nitrogen and oxygen atoms in total. The first-order valence-corrected chi connectivity index (χ1v) is 6.45. The number of carbonyl (C=O) groups excluding carboxylic acids is 1. The molecule has 0 saturated carbocycles. The van der Waals surface area contributed by atoms with Crippen LogP contribution in [0.1, 0.15) is 28.4 Å². The van der Waals surface area contributed by atoms with Gasteiger partial charge in [0.25, 0.3) is 0 Å². The second-order valence-corrected chi connectivity index (χ2v) is 4.18. The van der Waals surface area contributed by atoms with Gasteiger partial charge in [-0.25, -0.2) is 14.8 Å². The molecule has 0 aliphatic carbocycles. The lowest BCUT2D eigenvalue weighted by atomic mass is 10.1. The van der Waals surface area contributed by atoms with Crippen LogP contribution in [0.3, 0.4) is 0 Å². The van der Waals surface area contributed by atoms with Crippen LogP contribution < -0.4 is 5.32 Å². The molecule has 0 unspecified atom stereocenters. The van der Waals surface area contributed by atoms with E-state index < -0.39 is 5.97 Å². The van der Waals surface area contributed by atoms with Crippen LogP contribution in [0.4, 0.5) is 5.95 Å². The molecule has 21 heavy (non-hydrogen) atoms. The molecule has 106 valence electrons. The number of carbonyl (C=O) groups is 1. The summed E-state index contributed by atoms with van der Waals surface area (Å²) in [5.41, 5.74) is 1.87. The molecule has 0 atom stereocenters. The molecule has 6 heteroatoms. The fourth-order valence-electron chi connectivity index (χ4n) is 1.67. The number of anilines is 1. The van der Waals surface area contributed by atoms with Crippen molar-refractivity contribution in [1.29, 1.82) is 5.26 Å². The molecule has 1 heterocycles. The summed E-state index contributed by atoms with van der Waals surface area (Å²) in [6.07, 6.45) is 2.83. The van der Waals surface area contributed by atoms with E-state index in [2.05, 4.69) is 21.4 Å². The van der Waals surface area contributed by atoms with Gasteiger partial charge in [0.05, 0.1) is 23.8 Å². The molecule has 0 amide bonds. The van der Waals surface area contributed by atoms with Crippen molar-refractivity contribution in [3.8, 4) is 6.07 Å². The summed E-state index contributed by atoms with van der Waals surface area (Å²) < 4.78 is 4.85. The van der Waals surface area contributed by atoms with Crippen molar-refractivity contribution in [2.75, 3.05) is 11.9 Å². The maximum atomic E-state index is 11.5. The molecule has 1 aromatic carbocycles. The Balaban J connectivity index is 1.97. The van der Waals surface area contributed by atoms with E-state index in [9.17, 15) is 4.79 Å². The van der Waals surface area contributed by atoms with Gasteiger partial charge in [0.1, 0.15) is 0 Å². The first-order valence-electron chi connectivity index (χ1n) is 6.45. The Kier molecular flexibility index (Phi) is 4.83. The van der Waals surface area contributed by atoms with Crippen molar-refractivity contribution < 1.29 is 9.53 Å². The molecule has 0 saturated heterocycles. The highest BCUT2D eigenvalue weighted by atomic mass is 16.5. The van der Waals surface area contributed by atoms with Crippen LogP contribution in [0.2, 0.25) is 0 Å². The molecular formula is C15H14N4O2. The van der Waals surface area contributed by atoms with Crippen LogP contribution in [0.25, 0.3) is 0 Å². The van der Waals surface area contributed by atoms with Gasteiger partial charge in [-0.1, -0.05) is 12.1 Å². The smallest absolute Gasteiger partial charge is 0.341 e. The van der Waals surface area contributed by atoms with Crippen molar-refractivity contribution >= 4 is 11.9 Å². The Labute approximate surface area is 122 Å². The molecule has 0 aliphatic heterocycles. The highest BCUT2D eigenvalue weighted by Gasteiger charge is 2.07. The van der Waals surface area contributed by atoms with E-state index in [1.165, 1.54) is 12.4 Å². The lowest BCUT2D eigenvalue weighted by Crippen LogP contribution is -2.08. The second-order valence-electron chi connectivity index (χ2n) is 4.18. The standard InChI is InChI=1S/C15H14N4O2/c1-2-21-14(20)13-9-18-15(19-10-13)17-8-12-5-3-4-11(6-12)7-16/h3-6,9-10H,2,8H2,1H3,(H,17,18,19). The van der Waals surface area contributed by atoms with Crippen molar-refractivity contribution in [3.63, 3.8) is 0 Å². The first-order chi connectivity index (χ1) is 10.2. The molecule has 2 aromatic rings. The summed E-state index contributed by atoms with van der Waals surface area (Å²) in [5, 5.41) is 11.9. The summed E-state index contributed by atoms with van der Waals surface area (Å²) in [5.74, 6) is -0.0313. The van der Waals surface area contributed by atoms with Crippen LogP contribution in [0.5, 0.6) is 0 Å². The molecular weight excluding hydrogens is 268 g/mol. The number of hydrogen-bond acceptors (Lipinski definition) is 6. The van der Waals surface area contributed by atoms with Gasteiger partial charge in [0.2, 0.25) is 5.95 Å². The van der Waals surface area contributed by atoms with Gasteiger partial charge in [-0.3, -0.25) is 0 Å². The Morgan fingerprint density at radius 2 is 2.14 bits per heavy atom. The third kappa shape index (κ3) is 4.01. The van der Waals surface area contributed by atoms with Crippen molar-refractivity contribution in [1.82, 2.24) is 9.97 Å². The summed E-state index contributed by atoms with van der Waals surface area (Å²) in [6, 6.07) is 9.35. The summed E-state index contributed by atoms with van der Waals surface area (Å²) in [6.45, 7) is 2.55. The zero-order valence-electron chi connectivity index (χ0n) is 11.5. The van der Waals surface area contributed by atoms with E-state index in [0.717, 1.165) is 5.56 Å². The van der Waals surface area contributed by atoms with Gasteiger partial charge < -0.3 is 10.1 Å². The molecule has 1 N–H and O–H groups in total. The fraction of sp³-hybridized carbons (Fsp3) is 0.200. The quantitative estimate of drug-likeness (QED) is 0.845. The number of benzene rings is 1. The van der Waals surface area contributed by atoms with Crippen molar-refractivity contribution in [2.24, 2.45) is 0 Å². The largest absolute Gasteiger partial charge is 0.462 e. The predicted molar refractivity (Wildman–Crippen MR) is 76.5 cm³/mol. The van der Waals surface area contributed by atoms with Crippen molar-refractivity contribution in [3.05, 3.63) is 53.3 Å². The van der Waals surface area contributed by atoms with Crippen molar-refractivity contribution in [2.45, 2.75) is 13.5 Å². The third-order valence-corrected chi connectivity index (χ3v) is 2.67.